The number of benzene rings is 1. The van der Waals surface area contributed by atoms with Gasteiger partial charge in [-0.05, 0) is 31.4 Å². The summed E-state index contributed by atoms with van der Waals surface area (Å²) in [5, 5.41) is 3.58. The molecular formula is C21H28FNO4. The van der Waals surface area contributed by atoms with Gasteiger partial charge in [-0.15, -0.1) is 0 Å². The maximum atomic E-state index is 14.6. The molecule has 1 aromatic carbocycles. The molecule has 0 amide bonds. The van der Waals surface area contributed by atoms with Crippen molar-refractivity contribution in [3.05, 3.63) is 29.6 Å². The van der Waals surface area contributed by atoms with Crippen molar-refractivity contribution in [1.82, 2.24) is 5.32 Å². The fourth-order valence-electron chi connectivity index (χ4n) is 3.58. The monoisotopic (exact) mass is 377 g/mol. The fourth-order valence-corrected chi connectivity index (χ4v) is 3.58. The molecule has 1 saturated heterocycles. The maximum absolute atomic E-state index is 14.6. The Hall–Kier alpha value is -1.79. The smallest absolute Gasteiger partial charge is 0.166 e. The van der Waals surface area contributed by atoms with Crippen molar-refractivity contribution in [2.24, 2.45) is 5.41 Å². The largest absolute Gasteiger partial charge is 0.490 e. The zero-order valence-electron chi connectivity index (χ0n) is 16.1. The van der Waals surface area contributed by atoms with E-state index in [9.17, 15) is 4.39 Å². The topological polar surface area (TPSA) is 49.0 Å². The second-order valence-electron chi connectivity index (χ2n) is 8.01. The first-order valence-corrected chi connectivity index (χ1v) is 9.77. The number of ether oxygens (including phenoxy) is 4. The minimum Gasteiger partial charge on any atom is -0.490 e. The lowest BCUT2D eigenvalue weighted by Crippen LogP contribution is -2.52. The third-order valence-corrected chi connectivity index (χ3v) is 5.66. The summed E-state index contributed by atoms with van der Waals surface area (Å²) in [6.07, 6.45) is 6.25. The van der Waals surface area contributed by atoms with Crippen molar-refractivity contribution in [1.29, 1.82) is 0 Å². The summed E-state index contributed by atoms with van der Waals surface area (Å²) >= 11 is 0. The highest BCUT2D eigenvalue weighted by Gasteiger charge is 2.44. The molecule has 27 heavy (non-hydrogen) atoms. The van der Waals surface area contributed by atoms with Gasteiger partial charge in [0.1, 0.15) is 11.9 Å². The van der Waals surface area contributed by atoms with Gasteiger partial charge in [-0.3, -0.25) is 0 Å². The van der Waals surface area contributed by atoms with E-state index in [0.717, 1.165) is 24.1 Å². The molecule has 0 radical (unpaired) electrons. The van der Waals surface area contributed by atoms with E-state index in [1.807, 2.05) is 0 Å². The van der Waals surface area contributed by atoms with Crippen LogP contribution < -0.4 is 14.8 Å². The molecule has 1 unspecified atom stereocenters. The molecule has 3 aliphatic rings. The Morgan fingerprint density at radius 2 is 2.07 bits per heavy atom. The van der Waals surface area contributed by atoms with Crippen molar-refractivity contribution >= 4 is 5.70 Å². The molecule has 0 aromatic heterocycles. The molecule has 2 fully saturated rings. The molecule has 1 saturated carbocycles. The zero-order valence-corrected chi connectivity index (χ0v) is 16.1. The van der Waals surface area contributed by atoms with Crippen LogP contribution in [0.4, 0.5) is 4.39 Å². The summed E-state index contributed by atoms with van der Waals surface area (Å²) in [6.45, 7) is 4.49. The first-order chi connectivity index (χ1) is 13.1. The predicted molar refractivity (Wildman–Crippen MR) is 100 cm³/mol. The van der Waals surface area contributed by atoms with Gasteiger partial charge in [0.15, 0.2) is 11.6 Å². The van der Waals surface area contributed by atoms with Crippen LogP contribution in [0.5, 0.6) is 11.5 Å². The highest BCUT2D eigenvalue weighted by atomic mass is 19.1. The Labute approximate surface area is 159 Å². The first kappa shape index (κ1) is 18.6. The van der Waals surface area contributed by atoms with Gasteiger partial charge in [0, 0.05) is 43.5 Å². The van der Waals surface area contributed by atoms with E-state index in [1.165, 1.54) is 12.5 Å². The zero-order chi connectivity index (χ0) is 18.9. The summed E-state index contributed by atoms with van der Waals surface area (Å²) in [7, 11) is 1.64. The van der Waals surface area contributed by atoms with Gasteiger partial charge >= 0.3 is 0 Å². The van der Waals surface area contributed by atoms with Crippen LogP contribution in [-0.2, 0) is 9.47 Å². The Morgan fingerprint density at radius 1 is 1.26 bits per heavy atom. The van der Waals surface area contributed by atoms with Crippen LogP contribution in [0.15, 0.2) is 18.2 Å². The summed E-state index contributed by atoms with van der Waals surface area (Å²) in [5.41, 5.74) is 1.67. The Balaban J connectivity index is 1.58. The predicted octanol–water partition coefficient (Wildman–Crippen LogP) is 3.52. The molecule has 2 aliphatic heterocycles. The standard InChI is InChI=1S/C21H28FNO4/c1-21(12-25-13-21)20-10-17(23-14-5-3-6-14)15-9-16(22)19(11-18(15)27-20)26-8-4-7-24-2/h9-11,14,20,23H,3-8,12-13H2,1-2H3. The highest BCUT2D eigenvalue weighted by Crippen LogP contribution is 2.42. The molecule has 0 bridgehead atoms. The van der Waals surface area contributed by atoms with E-state index >= 15 is 0 Å². The van der Waals surface area contributed by atoms with Gasteiger partial charge in [0.05, 0.1) is 25.2 Å². The lowest BCUT2D eigenvalue weighted by atomic mass is 9.80. The number of rotatable bonds is 8. The molecular weight excluding hydrogens is 349 g/mol. The molecule has 1 atom stereocenters. The second-order valence-corrected chi connectivity index (χ2v) is 8.01. The van der Waals surface area contributed by atoms with E-state index in [1.54, 1.807) is 13.2 Å². The summed E-state index contributed by atoms with van der Waals surface area (Å²) < 4.78 is 36.9. The van der Waals surface area contributed by atoms with Crippen LogP contribution in [0.3, 0.4) is 0 Å². The molecule has 4 rings (SSSR count). The Kier molecular flexibility index (Phi) is 5.28. The van der Waals surface area contributed by atoms with Gasteiger partial charge < -0.3 is 24.3 Å². The van der Waals surface area contributed by atoms with Gasteiger partial charge in [0.25, 0.3) is 0 Å². The lowest BCUT2D eigenvalue weighted by Gasteiger charge is -2.45. The third kappa shape index (κ3) is 3.78. The summed E-state index contributed by atoms with van der Waals surface area (Å²) in [4.78, 5) is 0. The van der Waals surface area contributed by atoms with Crippen LogP contribution in [-0.4, -0.2) is 45.7 Å². The van der Waals surface area contributed by atoms with Crippen LogP contribution in [0.25, 0.3) is 5.70 Å². The van der Waals surface area contributed by atoms with Crippen molar-refractivity contribution in [2.75, 3.05) is 33.5 Å². The number of hydrogen-bond acceptors (Lipinski definition) is 5. The van der Waals surface area contributed by atoms with Gasteiger partial charge in [0.2, 0.25) is 0 Å². The van der Waals surface area contributed by atoms with Crippen LogP contribution in [0, 0.1) is 11.2 Å². The average Bonchev–Trinajstić information content (AvgIpc) is 2.60. The number of hydrogen-bond donors (Lipinski definition) is 1. The molecule has 1 N–H and O–H groups in total. The number of halogens is 1. The Morgan fingerprint density at radius 3 is 2.70 bits per heavy atom. The van der Waals surface area contributed by atoms with Crippen LogP contribution in [0.2, 0.25) is 0 Å². The van der Waals surface area contributed by atoms with Gasteiger partial charge in [-0.25, -0.2) is 4.39 Å². The number of methoxy groups -OCH3 is 1. The summed E-state index contributed by atoms with van der Waals surface area (Å²) in [5.74, 6) is 0.525. The van der Waals surface area contributed by atoms with Crippen LogP contribution >= 0.6 is 0 Å². The quantitative estimate of drug-likeness (QED) is 0.703. The SMILES string of the molecule is COCCCOc1cc2c(cc1F)C(NC1CCC1)=CC(C1(C)COC1)O2. The van der Waals surface area contributed by atoms with E-state index in [4.69, 9.17) is 18.9 Å². The van der Waals surface area contributed by atoms with E-state index in [0.29, 0.717) is 44.6 Å². The van der Waals surface area contributed by atoms with Gasteiger partial charge in [-0.1, -0.05) is 6.92 Å². The maximum Gasteiger partial charge on any atom is 0.166 e. The lowest BCUT2D eigenvalue weighted by molar-refractivity contribution is -0.141. The number of nitrogens with one attached hydrogen (secondary N) is 1. The van der Waals surface area contributed by atoms with Crippen molar-refractivity contribution < 1.29 is 23.3 Å². The normalized spacial score (nSPS) is 23.4. The van der Waals surface area contributed by atoms with Gasteiger partial charge in [-0.2, -0.15) is 0 Å². The van der Waals surface area contributed by atoms with Crippen molar-refractivity contribution in [3.8, 4) is 11.5 Å². The van der Waals surface area contributed by atoms with E-state index in [2.05, 4.69) is 18.3 Å². The molecule has 2 heterocycles. The molecule has 5 nitrogen and oxygen atoms in total. The minimum atomic E-state index is -0.368. The molecule has 148 valence electrons. The fraction of sp³-hybridized carbons (Fsp3) is 0.619. The highest BCUT2D eigenvalue weighted by molar-refractivity contribution is 5.73. The second kappa shape index (κ2) is 7.68. The van der Waals surface area contributed by atoms with Crippen molar-refractivity contribution in [3.63, 3.8) is 0 Å². The molecule has 6 heteroatoms. The molecule has 0 spiro atoms. The first-order valence-electron chi connectivity index (χ1n) is 9.77. The van der Waals surface area contributed by atoms with Crippen LogP contribution in [0.1, 0.15) is 38.2 Å². The minimum absolute atomic E-state index is 0.0574. The molecule has 1 aromatic rings. The third-order valence-electron chi connectivity index (χ3n) is 5.66. The average molecular weight is 377 g/mol. The Bertz CT molecular complexity index is 712. The number of fused-ring (bicyclic) bond motifs is 1. The van der Waals surface area contributed by atoms with E-state index in [-0.39, 0.29) is 23.1 Å². The molecule has 1 aliphatic carbocycles. The van der Waals surface area contributed by atoms with Crippen molar-refractivity contribution in [2.45, 2.75) is 44.8 Å². The summed E-state index contributed by atoms with van der Waals surface area (Å²) in [6, 6.07) is 3.67. The van der Waals surface area contributed by atoms with E-state index < -0.39 is 0 Å².